The van der Waals surface area contributed by atoms with Gasteiger partial charge in [-0.05, 0) is 50.5 Å². The first-order valence-electron chi connectivity index (χ1n) is 11.2. The van der Waals surface area contributed by atoms with Crippen LogP contribution in [0.25, 0.3) is 0 Å². The number of benzene rings is 1. The lowest BCUT2D eigenvalue weighted by atomic mass is 9.94. The summed E-state index contributed by atoms with van der Waals surface area (Å²) in [6.45, 7) is 1.09. The fourth-order valence-electron chi connectivity index (χ4n) is 4.37. The van der Waals surface area contributed by atoms with Crippen molar-refractivity contribution in [1.29, 1.82) is 0 Å². The summed E-state index contributed by atoms with van der Waals surface area (Å²) in [5.41, 5.74) is 11.9. The van der Waals surface area contributed by atoms with Crippen molar-refractivity contribution >= 4 is 24.2 Å². The molecular formula is C23H35N5O4. The fraction of sp³-hybridized carbons (Fsp3) is 0.565. The molecule has 2 rings (SSSR count). The zero-order valence-corrected chi connectivity index (χ0v) is 18.5. The Morgan fingerprint density at radius 1 is 1.25 bits per heavy atom. The van der Waals surface area contributed by atoms with Gasteiger partial charge in [0.15, 0.2) is 5.96 Å². The van der Waals surface area contributed by atoms with Crippen molar-refractivity contribution < 1.29 is 19.5 Å². The molecule has 0 bridgehead atoms. The normalized spacial score (nSPS) is 18.9. The van der Waals surface area contributed by atoms with E-state index in [1.165, 1.54) is 5.56 Å². The summed E-state index contributed by atoms with van der Waals surface area (Å²) in [5.74, 6) is -1.19. The topological polar surface area (TPSA) is 151 Å². The molecule has 32 heavy (non-hydrogen) atoms. The van der Waals surface area contributed by atoms with Gasteiger partial charge in [0.05, 0.1) is 6.04 Å². The van der Waals surface area contributed by atoms with E-state index in [-0.39, 0.29) is 36.3 Å². The van der Waals surface area contributed by atoms with Gasteiger partial charge < -0.3 is 26.8 Å². The third-order valence-electron chi connectivity index (χ3n) is 5.94. The van der Waals surface area contributed by atoms with Crippen LogP contribution in [0.5, 0.6) is 0 Å². The number of aliphatic imine (C=N–C) groups is 1. The van der Waals surface area contributed by atoms with Crippen molar-refractivity contribution in [2.45, 2.75) is 63.5 Å². The number of amides is 2. The average molecular weight is 446 g/mol. The Morgan fingerprint density at radius 2 is 2.00 bits per heavy atom. The van der Waals surface area contributed by atoms with E-state index in [2.05, 4.69) is 22.4 Å². The van der Waals surface area contributed by atoms with Crippen LogP contribution in [0.2, 0.25) is 0 Å². The summed E-state index contributed by atoms with van der Waals surface area (Å²) in [6, 6.07) is 9.74. The van der Waals surface area contributed by atoms with E-state index in [4.69, 9.17) is 16.6 Å². The van der Waals surface area contributed by atoms with Gasteiger partial charge in [-0.1, -0.05) is 30.3 Å². The molecule has 1 aromatic rings. The van der Waals surface area contributed by atoms with E-state index in [9.17, 15) is 14.4 Å². The second-order valence-electron chi connectivity index (χ2n) is 8.25. The minimum atomic E-state index is -0.904. The molecule has 1 heterocycles. The molecule has 1 aliphatic heterocycles. The Morgan fingerprint density at radius 3 is 2.66 bits per heavy atom. The minimum absolute atomic E-state index is 0.0116. The second-order valence-corrected chi connectivity index (χ2v) is 8.25. The predicted molar refractivity (Wildman–Crippen MR) is 123 cm³/mol. The Bertz CT molecular complexity index is 767. The molecule has 0 radical (unpaired) electrons. The van der Waals surface area contributed by atoms with Crippen LogP contribution in [-0.4, -0.2) is 59.4 Å². The van der Waals surface area contributed by atoms with Crippen LogP contribution >= 0.6 is 0 Å². The van der Waals surface area contributed by atoms with Gasteiger partial charge in [-0.2, -0.15) is 0 Å². The quantitative estimate of drug-likeness (QED) is 0.138. The zero-order valence-electron chi connectivity index (χ0n) is 18.5. The molecule has 0 aliphatic carbocycles. The molecule has 1 aliphatic rings. The lowest BCUT2D eigenvalue weighted by Crippen LogP contribution is -2.48. The first-order chi connectivity index (χ1) is 15.4. The number of likely N-dealkylation sites (tertiary alicyclic amines) is 1. The maximum Gasteiger partial charge on any atom is 0.303 e. The van der Waals surface area contributed by atoms with Crippen LogP contribution in [0.3, 0.4) is 0 Å². The van der Waals surface area contributed by atoms with Crippen molar-refractivity contribution in [1.82, 2.24) is 10.2 Å². The maximum absolute atomic E-state index is 13.1. The third-order valence-corrected chi connectivity index (χ3v) is 5.94. The molecule has 1 aromatic carbocycles. The molecule has 6 N–H and O–H groups in total. The molecule has 3 atom stereocenters. The molecule has 1 unspecified atom stereocenters. The van der Waals surface area contributed by atoms with Crippen LogP contribution in [0.1, 0.15) is 50.5 Å². The number of carbonyl (C=O) groups excluding carboxylic acids is 2. The smallest absolute Gasteiger partial charge is 0.303 e. The first kappa shape index (κ1) is 25.2. The molecule has 9 nitrogen and oxygen atoms in total. The van der Waals surface area contributed by atoms with E-state index in [1.807, 2.05) is 23.1 Å². The zero-order chi connectivity index (χ0) is 23.3. The highest BCUT2D eigenvalue weighted by Crippen LogP contribution is 2.32. The second kappa shape index (κ2) is 13.3. The lowest BCUT2D eigenvalue weighted by Gasteiger charge is -2.31. The Labute approximate surface area is 189 Å². The molecule has 1 fully saturated rings. The number of nitrogens with two attached hydrogens (primary N) is 2. The number of guanidine groups is 1. The number of hydrogen-bond donors (Lipinski definition) is 4. The summed E-state index contributed by atoms with van der Waals surface area (Å²) in [4.78, 5) is 41.2. The number of nitrogens with one attached hydrogen (secondary N) is 1. The molecule has 0 saturated carbocycles. The van der Waals surface area contributed by atoms with Crippen molar-refractivity contribution in [2.24, 2.45) is 22.4 Å². The molecular weight excluding hydrogens is 410 g/mol. The highest BCUT2D eigenvalue weighted by molar-refractivity contribution is 5.82. The number of hydrogen-bond acceptors (Lipinski definition) is 4. The standard InChI is InChI=1S/C23H35N5O4/c24-23(25)26-13-5-4-10-19(27-16-29)20-15-18(11-12-21(30)31)22(32)28(20)14-6-9-17-7-2-1-3-8-17/h1-3,7-8,16,18-20H,4-6,9-15H2,(H,27,29)(H,30,31)(H4,24,25,26)/t18-,19?,20+/m1/s1. The number of nitrogens with zero attached hydrogens (tertiary/aromatic N) is 2. The van der Waals surface area contributed by atoms with E-state index in [1.54, 1.807) is 0 Å². The predicted octanol–water partition coefficient (Wildman–Crippen LogP) is 1.26. The van der Waals surface area contributed by atoms with E-state index < -0.39 is 5.97 Å². The van der Waals surface area contributed by atoms with Crippen molar-refractivity contribution in [3.8, 4) is 0 Å². The van der Waals surface area contributed by atoms with E-state index in [0.717, 1.165) is 25.7 Å². The van der Waals surface area contributed by atoms with Gasteiger partial charge in [-0.25, -0.2) is 0 Å². The molecule has 0 aromatic heterocycles. The van der Waals surface area contributed by atoms with Gasteiger partial charge in [0.25, 0.3) is 0 Å². The van der Waals surface area contributed by atoms with E-state index >= 15 is 0 Å². The molecule has 1 saturated heterocycles. The Hall–Kier alpha value is -3.10. The highest BCUT2D eigenvalue weighted by Gasteiger charge is 2.42. The Kier molecular flexibility index (Phi) is 10.5. The van der Waals surface area contributed by atoms with Gasteiger partial charge in [0.2, 0.25) is 12.3 Å². The molecule has 176 valence electrons. The van der Waals surface area contributed by atoms with Gasteiger partial charge in [0.1, 0.15) is 0 Å². The first-order valence-corrected chi connectivity index (χ1v) is 11.2. The van der Waals surface area contributed by atoms with Crippen molar-refractivity contribution in [3.63, 3.8) is 0 Å². The summed E-state index contributed by atoms with van der Waals surface area (Å²) >= 11 is 0. The maximum atomic E-state index is 13.1. The number of aryl methyl sites for hydroxylation is 1. The number of unbranched alkanes of at least 4 members (excludes halogenated alkanes) is 1. The number of aliphatic carboxylic acids is 1. The largest absolute Gasteiger partial charge is 0.481 e. The minimum Gasteiger partial charge on any atom is -0.481 e. The van der Waals surface area contributed by atoms with Gasteiger partial charge in [-0.3, -0.25) is 19.4 Å². The molecule has 9 heteroatoms. The highest BCUT2D eigenvalue weighted by atomic mass is 16.4. The number of carboxylic acid groups (broad SMARTS) is 1. The SMILES string of the molecule is NC(N)=NCCCCC(NC=O)[C@@H]1C[C@@H](CCC(=O)O)C(=O)N1CCCc1ccccc1. The third kappa shape index (κ3) is 8.20. The lowest BCUT2D eigenvalue weighted by molar-refractivity contribution is -0.138. The van der Waals surface area contributed by atoms with Crippen LogP contribution < -0.4 is 16.8 Å². The van der Waals surface area contributed by atoms with Crippen molar-refractivity contribution in [3.05, 3.63) is 35.9 Å². The number of carboxylic acids is 1. The van der Waals surface area contributed by atoms with Crippen LogP contribution in [0, 0.1) is 5.92 Å². The van der Waals surface area contributed by atoms with Crippen LogP contribution in [-0.2, 0) is 20.8 Å². The summed E-state index contributed by atoms with van der Waals surface area (Å²) < 4.78 is 0. The number of rotatable bonds is 15. The fourth-order valence-corrected chi connectivity index (χ4v) is 4.37. The summed E-state index contributed by atoms with van der Waals surface area (Å²) in [5, 5.41) is 11.9. The molecule has 2 amide bonds. The average Bonchev–Trinajstić information content (AvgIpc) is 3.07. The van der Waals surface area contributed by atoms with Gasteiger partial charge >= 0.3 is 5.97 Å². The van der Waals surface area contributed by atoms with E-state index in [0.29, 0.717) is 38.8 Å². The van der Waals surface area contributed by atoms with Gasteiger partial charge in [-0.15, -0.1) is 0 Å². The summed E-state index contributed by atoms with van der Waals surface area (Å²) in [6.07, 6.45) is 5.42. The monoisotopic (exact) mass is 445 g/mol. The molecule has 0 spiro atoms. The van der Waals surface area contributed by atoms with Gasteiger partial charge in [0, 0.05) is 31.5 Å². The number of carbonyl (C=O) groups is 3. The Balaban J connectivity index is 2.03. The van der Waals surface area contributed by atoms with Crippen molar-refractivity contribution in [2.75, 3.05) is 13.1 Å². The summed E-state index contributed by atoms with van der Waals surface area (Å²) in [7, 11) is 0. The van der Waals surface area contributed by atoms with Crippen LogP contribution in [0.15, 0.2) is 35.3 Å². The van der Waals surface area contributed by atoms with Crippen LogP contribution in [0.4, 0.5) is 0 Å².